The molecule has 16 heavy (non-hydrogen) atoms. The summed E-state index contributed by atoms with van der Waals surface area (Å²) in [5, 5.41) is -0.441. The number of rotatable bonds is 3. The number of carbonyl (C=O) groups is 1. The lowest BCUT2D eigenvalue weighted by Crippen LogP contribution is -2.15. The second-order valence-corrected chi connectivity index (χ2v) is 4.16. The van der Waals surface area contributed by atoms with E-state index in [4.69, 9.17) is 16.3 Å². The van der Waals surface area contributed by atoms with Crippen LogP contribution in [0.2, 0.25) is 0 Å². The van der Waals surface area contributed by atoms with Crippen molar-refractivity contribution in [3.05, 3.63) is 42.0 Å². The molecule has 0 aromatic heterocycles. The lowest BCUT2D eigenvalue weighted by molar-refractivity contribution is 0.108. The zero-order valence-corrected chi connectivity index (χ0v) is 9.61. The van der Waals surface area contributed by atoms with Crippen molar-refractivity contribution in [1.82, 2.24) is 0 Å². The Morgan fingerprint density at radius 2 is 2.06 bits per heavy atom. The molecule has 0 heterocycles. The van der Waals surface area contributed by atoms with Crippen molar-refractivity contribution in [2.24, 2.45) is 0 Å². The van der Waals surface area contributed by atoms with E-state index in [1.54, 1.807) is 24.3 Å². The first kappa shape index (κ1) is 11.2. The van der Waals surface area contributed by atoms with E-state index >= 15 is 0 Å². The minimum atomic E-state index is -0.441. The zero-order valence-electron chi connectivity index (χ0n) is 8.86. The number of carbonyl (C=O) groups excluding carboxylic acids is 1. The maximum Gasteiger partial charge on any atom is 0.252 e. The molecule has 0 saturated carbocycles. The minimum absolute atomic E-state index is 0.159. The first-order valence-corrected chi connectivity index (χ1v) is 5.77. The lowest BCUT2D eigenvalue weighted by Gasteiger charge is -2.18. The number of benzene rings is 1. The van der Waals surface area contributed by atoms with Crippen LogP contribution < -0.4 is 4.74 Å². The van der Waals surface area contributed by atoms with E-state index < -0.39 is 5.24 Å². The summed E-state index contributed by atoms with van der Waals surface area (Å²) >= 11 is 5.36. The molecule has 0 radical (unpaired) electrons. The SMILES string of the molecule is O=C(Cl)c1ccc(OC2C=CCCC2)cc1. The summed E-state index contributed by atoms with van der Waals surface area (Å²) in [5.74, 6) is 0.776. The summed E-state index contributed by atoms with van der Waals surface area (Å²) in [5.41, 5.74) is 0.494. The van der Waals surface area contributed by atoms with Crippen LogP contribution in [0.3, 0.4) is 0 Å². The Morgan fingerprint density at radius 3 is 2.62 bits per heavy atom. The summed E-state index contributed by atoms with van der Waals surface area (Å²) in [6, 6.07) is 6.91. The van der Waals surface area contributed by atoms with E-state index in [0.29, 0.717) is 5.56 Å². The highest BCUT2D eigenvalue weighted by molar-refractivity contribution is 6.67. The highest BCUT2D eigenvalue weighted by Crippen LogP contribution is 2.19. The largest absolute Gasteiger partial charge is 0.486 e. The Bertz CT molecular complexity index is 395. The normalized spacial score (nSPS) is 19.4. The van der Waals surface area contributed by atoms with E-state index in [9.17, 15) is 4.79 Å². The predicted molar refractivity (Wildman–Crippen MR) is 64.0 cm³/mol. The Kier molecular flexibility index (Phi) is 3.62. The maximum atomic E-state index is 10.9. The molecule has 84 valence electrons. The van der Waals surface area contributed by atoms with Gasteiger partial charge < -0.3 is 4.74 Å². The third-order valence-corrected chi connectivity index (χ3v) is 2.80. The average molecular weight is 237 g/mol. The standard InChI is InChI=1S/C13H13ClO2/c14-13(15)10-6-8-12(9-7-10)16-11-4-2-1-3-5-11/h2,4,6-9,11H,1,3,5H2. The van der Waals surface area contributed by atoms with E-state index in [-0.39, 0.29) is 6.10 Å². The molecule has 2 rings (SSSR count). The Hall–Kier alpha value is -1.28. The molecule has 0 aliphatic heterocycles. The molecule has 0 amide bonds. The summed E-state index contributed by atoms with van der Waals surface area (Å²) in [6.07, 6.45) is 7.74. The number of ether oxygens (including phenoxy) is 1. The summed E-state index contributed by atoms with van der Waals surface area (Å²) in [6.45, 7) is 0. The quantitative estimate of drug-likeness (QED) is 0.593. The highest BCUT2D eigenvalue weighted by Gasteiger charge is 2.10. The average Bonchev–Trinajstić information content (AvgIpc) is 2.31. The molecule has 0 fully saturated rings. The van der Waals surface area contributed by atoms with Crippen LogP contribution in [0.25, 0.3) is 0 Å². The Morgan fingerprint density at radius 1 is 1.31 bits per heavy atom. The molecule has 0 spiro atoms. The van der Waals surface area contributed by atoms with Gasteiger partial charge in [0.25, 0.3) is 5.24 Å². The van der Waals surface area contributed by atoms with E-state index in [2.05, 4.69) is 12.2 Å². The number of hydrogen-bond acceptors (Lipinski definition) is 2. The van der Waals surface area contributed by atoms with Gasteiger partial charge >= 0.3 is 0 Å². The molecule has 0 N–H and O–H groups in total. The lowest BCUT2D eigenvalue weighted by atomic mass is 10.1. The molecule has 1 atom stereocenters. The van der Waals surface area contributed by atoms with Crippen molar-refractivity contribution in [2.45, 2.75) is 25.4 Å². The fourth-order valence-corrected chi connectivity index (χ4v) is 1.84. The van der Waals surface area contributed by atoms with Crippen molar-refractivity contribution in [3.63, 3.8) is 0 Å². The van der Waals surface area contributed by atoms with Gasteiger partial charge in [-0.3, -0.25) is 4.79 Å². The highest BCUT2D eigenvalue weighted by atomic mass is 35.5. The van der Waals surface area contributed by atoms with Crippen LogP contribution in [-0.2, 0) is 0 Å². The molecule has 1 aliphatic carbocycles. The van der Waals surface area contributed by atoms with E-state index in [1.807, 2.05) is 0 Å². The Balaban J connectivity index is 2.02. The second-order valence-electron chi connectivity index (χ2n) is 3.81. The number of hydrogen-bond donors (Lipinski definition) is 0. The van der Waals surface area contributed by atoms with Crippen LogP contribution in [0.15, 0.2) is 36.4 Å². The van der Waals surface area contributed by atoms with Gasteiger partial charge in [-0.2, -0.15) is 0 Å². The van der Waals surface area contributed by atoms with Crippen LogP contribution in [0.4, 0.5) is 0 Å². The van der Waals surface area contributed by atoms with Gasteiger partial charge in [0.05, 0.1) is 0 Å². The molecule has 0 saturated heterocycles. The van der Waals surface area contributed by atoms with Crippen molar-refractivity contribution < 1.29 is 9.53 Å². The van der Waals surface area contributed by atoms with Gasteiger partial charge in [-0.1, -0.05) is 6.08 Å². The summed E-state index contributed by atoms with van der Waals surface area (Å²) < 4.78 is 5.75. The fraction of sp³-hybridized carbons (Fsp3) is 0.308. The maximum absolute atomic E-state index is 10.9. The summed E-state index contributed by atoms with van der Waals surface area (Å²) in [4.78, 5) is 10.9. The number of allylic oxidation sites excluding steroid dienone is 1. The smallest absolute Gasteiger partial charge is 0.252 e. The van der Waals surface area contributed by atoms with Gasteiger partial charge in [-0.05, 0) is 61.2 Å². The molecule has 1 unspecified atom stereocenters. The van der Waals surface area contributed by atoms with Crippen LogP contribution in [-0.4, -0.2) is 11.3 Å². The predicted octanol–water partition coefficient (Wildman–Crippen LogP) is 3.55. The van der Waals surface area contributed by atoms with Crippen LogP contribution >= 0.6 is 11.6 Å². The zero-order chi connectivity index (χ0) is 11.4. The van der Waals surface area contributed by atoms with Gasteiger partial charge in [0.2, 0.25) is 0 Å². The third kappa shape index (κ3) is 2.86. The monoisotopic (exact) mass is 236 g/mol. The van der Waals surface area contributed by atoms with Crippen LogP contribution in [0.5, 0.6) is 5.75 Å². The fourth-order valence-electron chi connectivity index (χ4n) is 1.72. The molecular weight excluding hydrogens is 224 g/mol. The van der Waals surface area contributed by atoms with Crippen molar-refractivity contribution in [3.8, 4) is 5.75 Å². The molecule has 1 aliphatic rings. The molecule has 0 bridgehead atoms. The molecule has 3 heteroatoms. The van der Waals surface area contributed by atoms with Gasteiger partial charge in [0.15, 0.2) is 0 Å². The van der Waals surface area contributed by atoms with Gasteiger partial charge in [-0.25, -0.2) is 0 Å². The van der Waals surface area contributed by atoms with Gasteiger partial charge in [0, 0.05) is 5.56 Å². The van der Waals surface area contributed by atoms with Crippen molar-refractivity contribution in [1.29, 1.82) is 0 Å². The van der Waals surface area contributed by atoms with Crippen molar-refractivity contribution in [2.75, 3.05) is 0 Å². The van der Waals surface area contributed by atoms with E-state index in [1.165, 1.54) is 6.42 Å². The van der Waals surface area contributed by atoms with Crippen molar-refractivity contribution >= 4 is 16.8 Å². The van der Waals surface area contributed by atoms with E-state index in [0.717, 1.165) is 18.6 Å². The Labute approximate surface area is 99.9 Å². The molecule has 1 aromatic rings. The topological polar surface area (TPSA) is 26.3 Å². The first-order chi connectivity index (χ1) is 7.75. The third-order valence-electron chi connectivity index (χ3n) is 2.58. The summed E-state index contributed by atoms with van der Waals surface area (Å²) in [7, 11) is 0. The second kappa shape index (κ2) is 5.17. The number of halogens is 1. The first-order valence-electron chi connectivity index (χ1n) is 5.39. The molecule has 1 aromatic carbocycles. The van der Waals surface area contributed by atoms with Gasteiger partial charge in [-0.15, -0.1) is 0 Å². The molecule has 2 nitrogen and oxygen atoms in total. The van der Waals surface area contributed by atoms with Crippen LogP contribution in [0.1, 0.15) is 29.6 Å². The van der Waals surface area contributed by atoms with Gasteiger partial charge in [0.1, 0.15) is 11.9 Å². The van der Waals surface area contributed by atoms with Crippen LogP contribution in [0, 0.1) is 0 Å². The molecular formula is C13H13ClO2. The minimum Gasteiger partial charge on any atom is -0.486 e.